The van der Waals surface area contributed by atoms with Gasteiger partial charge in [0.05, 0.1) is 6.54 Å². The van der Waals surface area contributed by atoms with Gasteiger partial charge in [-0.25, -0.2) is 0 Å². The molecule has 0 aliphatic carbocycles. The largest absolute Gasteiger partial charge is 0.361 e. The van der Waals surface area contributed by atoms with Crippen LogP contribution in [0.5, 0.6) is 0 Å². The van der Waals surface area contributed by atoms with Crippen LogP contribution in [0.1, 0.15) is 11.4 Å². The Labute approximate surface area is 97.4 Å². The number of nitrogens with zero attached hydrogens (tertiary/aromatic N) is 3. The van der Waals surface area contributed by atoms with Gasteiger partial charge in [0.25, 0.3) is 0 Å². The zero-order valence-electron chi connectivity index (χ0n) is 9.14. The molecule has 0 unspecified atom stereocenters. The molecule has 0 bridgehead atoms. The van der Waals surface area contributed by atoms with Gasteiger partial charge in [0.2, 0.25) is 0 Å². The Morgan fingerprint density at radius 3 is 3.06 bits per heavy atom. The molecule has 86 valence electrons. The summed E-state index contributed by atoms with van der Waals surface area (Å²) in [6.07, 6.45) is 1.95. The van der Waals surface area contributed by atoms with Crippen LogP contribution in [0.2, 0.25) is 0 Å². The van der Waals surface area contributed by atoms with E-state index in [2.05, 4.69) is 55.2 Å². The van der Waals surface area contributed by atoms with E-state index in [4.69, 9.17) is 0 Å². The number of hydrogen-bond acceptors (Lipinski definition) is 4. The zero-order chi connectivity index (χ0) is 11.5. The van der Waals surface area contributed by atoms with Crippen LogP contribution in [-0.4, -0.2) is 25.6 Å². The highest BCUT2D eigenvalue weighted by atomic mass is 15.5. The van der Waals surface area contributed by atoms with Crippen LogP contribution in [0.3, 0.4) is 0 Å². The van der Waals surface area contributed by atoms with Crippen molar-refractivity contribution in [2.24, 2.45) is 0 Å². The van der Waals surface area contributed by atoms with Crippen molar-refractivity contribution in [3.8, 4) is 0 Å². The van der Waals surface area contributed by atoms with Gasteiger partial charge in [-0.1, -0.05) is 11.3 Å². The maximum Gasteiger partial charge on any atom is 0.188 e. The molecule has 0 fully saturated rings. The summed E-state index contributed by atoms with van der Waals surface area (Å²) in [5, 5.41) is 18.2. The van der Waals surface area contributed by atoms with E-state index in [9.17, 15) is 0 Å². The van der Waals surface area contributed by atoms with Crippen molar-refractivity contribution in [2.75, 3.05) is 0 Å². The van der Waals surface area contributed by atoms with Gasteiger partial charge in [-0.2, -0.15) is 5.21 Å². The lowest BCUT2D eigenvalue weighted by Crippen LogP contribution is -2.13. The zero-order valence-corrected chi connectivity index (χ0v) is 9.14. The van der Waals surface area contributed by atoms with E-state index in [-0.39, 0.29) is 0 Å². The number of tetrazole rings is 1. The molecule has 3 N–H and O–H groups in total. The average Bonchev–Trinajstić information content (AvgIpc) is 2.98. The van der Waals surface area contributed by atoms with Crippen molar-refractivity contribution in [2.45, 2.75) is 13.1 Å². The van der Waals surface area contributed by atoms with Gasteiger partial charge in [-0.15, -0.1) is 10.2 Å². The van der Waals surface area contributed by atoms with Crippen molar-refractivity contribution in [1.82, 2.24) is 30.9 Å². The van der Waals surface area contributed by atoms with E-state index in [1.807, 2.05) is 6.20 Å². The molecular formula is C11H12N6. The number of rotatable bonds is 4. The minimum atomic E-state index is 0.613. The first-order valence-corrected chi connectivity index (χ1v) is 5.41. The van der Waals surface area contributed by atoms with Gasteiger partial charge in [0.1, 0.15) is 0 Å². The maximum absolute atomic E-state index is 3.87. The molecule has 2 aromatic heterocycles. The van der Waals surface area contributed by atoms with Gasteiger partial charge >= 0.3 is 0 Å². The lowest BCUT2D eigenvalue weighted by molar-refractivity contribution is 0.664. The predicted molar refractivity (Wildman–Crippen MR) is 63.0 cm³/mol. The summed E-state index contributed by atoms with van der Waals surface area (Å²) in [5.74, 6) is 0.674. The van der Waals surface area contributed by atoms with Gasteiger partial charge in [-0.05, 0) is 29.1 Å². The molecule has 3 aromatic rings. The fourth-order valence-corrected chi connectivity index (χ4v) is 1.79. The molecular weight excluding hydrogens is 216 g/mol. The third-order valence-corrected chi connectivity index (χ3v) is 2.62. The first-order chi connectivity index (χ1) is 8.42. The number of fused-ring (bicyclic) bond motifs is 1. The van der Waals surface area contributed by atoms with Crippen LogP contribution >= 0.6 is 0 Å². The number of aromatic nitrogens is 5. The lowest BCUT2D eigenvalue weighted by Gasteiger charge is -2.02. The molecule has 0 amide bonds. The van der Waals surface area contributed by atoms with Crippen molar-refractivity contribution in [3.05, 3.63) is 41.9 Å². The molecule has 6 nitrogen and oxygen atoms in total. The third kappa shape index (κ3) is 2.16. The van der Waals surface area contributed by atoms with Crippen LogP contribution in [-0.2, 0) is 13.1 Å². The summed E-state index contributed by atoms with van der Waals surface area (Å²) < 4.78 is 0. The van der Waals surface area contributed by atoms with Gasteiger partial charge in [0.15, 0.2) is 5.82 Å². The van der Waals surface area contributed by atoms with E-state index in [1.54, 1.807) is 0 Å². The summed E-state index contributed by atoms with van der Waals surface area (Å²) in [4.78, 5) is 3.17. The summed E-state index contributed by atoms with van der Waals surface area (Å²) in [6, 6.07) is 8.41. The molecule has 0 saturated heterocycles. The number of H-pyrrole nitrogens is 2. The Morgan fingerprint density at radius 1 is 1.18 bits per heavy atom. The van der Waals surface area contributed by atoms with E-state index in [0.29, 0.717) is 12.4 Å². The smallest absolute Gasteiger partial charge is 0.188 e. The van der Waals surface area contributed by atoms with Crippen molar-refractivity contribution in [3.63, 3.8) is 0 Å². The van der Waals surface area contributed by atoms with Crippen LogP contribution in [0.15, 0.2) is 30.5 Å². The Bertz CT molecular complexity index is 597. The molecule has 6 heteroatoms. The number of nitrogens with one attached hydrogen (secondary N) is 3. The second-order valence-electron chi connectivity index (χ2n) is 3.83. The highest BCUT2D eigenvalue weighted by Gasteiger charge is 1.99. The van der Waals surface area contributed by atoms with Crippen LogP contribution in [0.25, 0.3) is 10.9 Å². The minimum absolute atomic E-state index is 0.613. The Balaban J connectivity index is 1.64. The average molecular weight is 228 g/mol. The Morgan fingerprint density at radius 2 is 2.18 bits per heavy atom. The number of aromatic amines is 2. The van der Waals surface area contributed by atoms with Crippen molar-refractivity contribution >= 4 is 10.9 Å². The molecule has 17 heavy (non-hydrogen) atoms. The fourth-order valence-electron chi connectivity index (χ4n) is 1.79. The molecule has 1 aromatic carbocycles. The maximum atomic E-state index is 3.87. The summed E-state index contributed by atoms with van der Waals surface area (Å²) >= 11 is 0. The van der Waals surface area contributed by atoms with E-state index in [1.165, 1.54) is 10.9 Å². The molecule has 0 saturated carbocycles. The summed E-state index contributed by atoms with van der Waals surface area (Å²) in [6.45, 7) is 1.40. The monoisotopic (exact) mass is 228 g/mol. The Hall–Kier alpha value is -2.21. The second-order valence-corrected chi connectivity index (χ2v) is 3.83. The highest BCUT2D eigenvalue weighted by Crippen LogP contribution is 2.13. The summed E-state index contributed by atoms with van der Waals surface area (Å²) in [5.41, 5.74) is 2.40. The molecule has 0 spiro atoms. The van der Waals surface area contributed by atoms with Crippen LogP contribution in [0.4, 0.5) is 0 Å². The first-order valence-electron chi connectivity index (χ1n) is 5.41. The van der Waals surface area contributed by atoms with Crippen molar-refractivity contribution < 1.29 is 0 Å². The standard InChI is InChI=1S/C11H12N6/c1-2-10-9(3-4-13-10)5-8(1)6-12-7-11-14-16-17-15-11/h1-5,12-13H,6-7H2,(H,14,15,16,17). The van der Waals surface area contributed by atoms with Gasteiger partial charge < -0.3 is 10.3 Å². The normalized spacial score (nSPS) is 11.1. The molecule has 2 heterocycles. The number of hydrogen-bond donors (Lipinski definition) is 3. The second kappa shape index (κ2) is 4.34. The molecule has 0 radical (unpaired) electrons. The van der Waals surface area contributed by atoms with E-state index < -0.39 is 0 Å². The fraction of sp³-hybridized carbons (Fsp3) is 0.182. The van der Waals surface area contributed by atoms with Crippen LogP contribution < -0.4 is 5.32 Å². The SMILES string of the molecule is c1cc2cc(CNCc3nn[nH]n3)ccc2[nH]1. The lowest BCUT2D eigenvalue weighted by atomic mass is 10.1. The summed E-state index contributed by atoms with van der Waals surface area (Å²) in [7, 11) is 0. The molecule has 0 atom stereocenters. The Kier molecular flexibility index (Phi) is 2.55. The molecule has 3 rings (SSSR count). The van der Waals surface area contributed by atoms with Gasteiger partial charge in [-0.3, -0.25) is 0 Å². The van der Waals surface area contributed by atoms with Crippen LogP contribution in [0, 0.1) is 0 Å². The minimum Gasteiger partial charge on any atom is -0.361 e. The number of benzene rings is 1. The molecule has 0 aliphatic rings. The van der Waals surface area contributed by atoms with Crippen molar-refractivity contribution in [1.29, 1.82) is 0 Å². The van der Waals surface area contributed by atoms with E-state index in [0.717, 1.165) is 12.1 Å². The topological polar surface area (TPSA) is 82.3 Å². The van der Waals surface area contributed by atoms with Gasteiger partial charge in [0, 0.05) is 18.3 Å². The predicted octanol–water partition coefficient (Wildman–Crippen LogP) is 0.971. The third-order valence-electron chi connectivity index (χ3n) is 2.62. The molecule has 0 aliphatic heterocycles. The first kappa shape index (κ1) is 9.98. The van der Waals surface area contributed by atoms with E-state index >= 15 is 0 Å². The highest BCUT2D eigenvalue weighted by molar-refractivity contribution is 5.79. The quantitative estimate of drug-likeness (QED) is 0.621.